The quantitative estimate of drug-likeness (QED) is 0.863. The Hall–Kier alpha value is -1.03. The summed E-state index contributed by atoms with van der Waals surface area (Å²) < 4.78 is 39.0. The molecule has 0 bridgehead atoms. The molecule has 0 aromatic carbocycles. The minimum Gasteiger partial charge on any atom is -0.377 e. The molecule has 25 heavy (non-hydrogen) atoms. The zero-order valence-electron chi connectivity index (χ0n) is 15.4. The van der Waals surface area contributed by atoms with Gasteiger partial charge in [-0.2, -0.15) is 17.7 Å². The number of aromatic nitrogens is 2. The van der Waals surface area contributed by atoms with E-state index in [0.29, 0.717) is 31.8 Å². The van der Waals surface area contributed by atoms with Crippen LogP contribution in [0.25, 0.3) is 0 Å². The van der Waals surface area contributed by atoms with Crippen molar-refractivity contribution in [3.8, 4) is 0 Å². The first-order chi connectivity index (χ1) is 11.7. The van der Waals surface area contributed by atoms with Gasteiger partial charge in [-0.1, -0.05) is 25.9 Å². The highest BCUT2D eigenvalue weighted by Gasteiger charge is 2.41. The molecule has 1 aromatic rings. The van der Waals surface area contributed by atoms with Gasteiger partial charge in [-0.05, 0) is 24.7 Å². The van der Waals surface area contributed by atoms with Gasteiger partial charge in [0, 0.05) is 32.7 Å². The molecule has 0 radical (unpaired) electrons. The lowest BCUT2D eigenvalue weighted by Gasteiger charge is -2.29. The summed E-state index contributed by atoms with van der Waals surface area (Å²) in [5.74, 6) is 1.61. The van der Waals surface area contributed by atoms with Crippen LogP contribution in [0.2, 0.25) is 0 Å². The lowest BCUT2D eigenvalue weighted by Crippen LogP contribution is -2.43. The number of nitrogens with zero attached hydrogens (tertiary/aromatic N) is 3. The first kappa shape index (κ1) is 18.8. The van der Waals surface area contributed by atoms with Gasteiger partial charge in [-0.3, -0.25) is 0 Å². The van der Waals surface area contributed by atoms with Crippen LogP contribution in [0, 0.1) is 5.41 Å². The molecule has 2 aliphatic rings. The molecule has 8 nitrogen and oxygen atoms in total. The normalized spacial score (nSPS) is 27.0. The topological polar surface area (TPSA) is 97.6 Å². The van der Waals surface area contributed by atoms with Gasteiger partial charge in [0.1, 0.15) is 0 Å². The highest BCUT2D eigenvalue weighted by molar-refractivity contribution is 7.87. The highest BCUT2D eigenvalue weighted by atomic mass is 32.2. The Morgan fingerprint density at radius 3 is 2.48 bits per heavy atom. The van der Waals surface area contributed by atoms with E-state index in [2.05, 4.69) is 35.6 Å². The SMILES string of the molecule is CNS(=O)(=O)N1CCC(c2nc([C@@H]3CCO[C@H]3C(C)(C)C)no2)CC1. The van der Waals surface area contributed by atoms with Crippen LogP contribution in [0.3, 0.4) is 0 Å². The number of hydrogen-bond donors (Lipinski definition) is 1. The lowest BCUT2D eigenvalue weighted by atomic mass is 9.81. The van der Waals surface area contributed by atoms with E-state index in [1.807, 2.05) is 0 Å². The van der Waals surface area contributed by atoms with Gasteiger partial charge in [0.2, 0.25) is 5.89 Å². The fourth-order valence-corrected chi connectivity index (χ4v) is 4.69. The standard InChI is InChI=1S/C16H28N4O4S/c1-16(2,3)13-12(7-10-23-13)14-18-15(24-19-14)11-5-8-20(9-6-11)25(21,22)17-4/h11-13,17H,5-10H2,1-4H3/t12-,13-/m1/s1. The Labute approximate surface area is 149 Å². The highest BCUT2D eigenvalue weighted by Crippen LogP contribution is 2.40. The van der Waals surface area contributed by atoms with Crippen LogP contribution in [0.4, 0.5) is 0 Å². The van der Waals surface area contributed by atoms with Crippen molar-refractivity contribution in [2.45, 2.75) is 58.0 Å². The molecule has 2 aliphatic heterocycles. The maximum absolute atomic E-state index is 11.9. The lowest BCUT2D eigenvalue weighted by molar-refractivity contribution is 0.0193. The number of ether oxygens (including phenoxy) is 1. The van der Waals surface area contributed by atoms with Crippen LogP contribution in [0.1, 0.15) is 63.6 Å². The van der Waals surface area contributed by atoms with Crippen LogP contribution < -0.4 is 4.72 Å². The van der Waals surface area contributed by atoms with E-state index in [9.17, 15) is 8.42 Å². The second-order valence-corrected chi connectivity index (χ2v) is 9.80. The minimum absolute atomic E-state index is 0.0226. The predicted octanol–water partition coefficient (Wildman–Crippen LogP) is 1.63. The van der Waals surface area contributed by atoms with E-state index in [-0.39, 0.29) is 23.4 Å². The molecule has 3 heterocycles. The van der Waals surface area contributed by atoms with Crippen LogP contribution in [-0.2, 0) is 14.9 Å². The third-order valence-electron chi connectivity index (χ3n) is 5.14. The van der Waals surface area contributed by atoms with Crippen molar-refractivity contribution in [2.75, 3.05) is 26.7 Å². The van der Waals surface area contributed by atoms with Crippen molar-refractivity contribution in [3.05, 3.63) is 11.7 Å². The van der Waals surface area contributed by atoms with E-state index in [0.717, 1.165) is 18.9 Å². The smallest absolute Gasteiger partial charge is 0.279 e. The molecule has 2 saturated heterocycles. The van der Waals surface area contributed by atoms with E-state index < -0.39 is 10.2 Å². The molecular formula is C16H28N4O4S. The molecule has 0 spiro atoms. The van der Waals surface area contributed by atoms with Crippen molar-refractivity contribution in [2.24, 2.45) is 5.41 Å². The van der Waals surface area contributed by atoms with Crippen molar-refractivity contribution >= 4 is 10.2 Å². The Kier molecular flexibility index (Phi) is 5.21. The summed E-state index contributed by atoms with van der Waals surface area (Å²) in [5, 5.41) is 4.21. The van der Waals surface area contributed by atoms with Crippen LogP contribution in [0.15, 0.2) is 4.52 Å². The third kappa shape index (κ3) is 3.89. The summed E-state index contributed by atoms with van der Waals surface area (Å²) in [6.07, 6.45) is 2.36. The summed E-state index contributed by atoms with van der Waals surface area (Å²) in [4.78, 5) is 4.65. The number of hydrogen-bond acceptors (Lipinski definition) is 6. The molecule has 0 aliphatic carbocycles. The van der Waals surface area contributed by atoms with Gasteiger partial charge in [0.05, 0.1) is 12.0 Å². The molecule has 142 valence electrons. The van der Waals surface area contributed by atoms with E-state index in [1.54, 1.807) is 0 Å². The first-order valence-corrected chi connectivity index (χ1v) is 10.3. The van der Waals surface area contributed by atoms with E-state index in [4.69, 9.17) is 9.26 Å². The molecule has 1 aromatic heterocycles. The molecular weight excluding hydrogens is 344 g/mol. The summed E-state index contributed by atoms with van der Waals surface area (Å²) in [5.41, 5.74) is 0.0226. The second kappa shape index (κ2) is 6.94. The summed E-state index contributed by atoms with van der Waals surface area (Å²) in [6, 6.07) is 0. The molecule has 1 N–H and O–H groups in total. The monoisotopic (exact) mass is 372 g/mol. The van der Waals surface area contributed by atoms with Gasteiger partial charge in [-0.15, -0.1) is 0 Å². The Morgan fingerprint density at radius 2 is 1.88 bits per heavy atom. The molecule has 2 atom stereocenters. The zero-order chi connectivity index (χ0) is 18.2. The maximum atomic E-state index is 11.9. The van der Waals surface area contributed by atoms with Gasteiger partial charge >= 0.3 is 0 Å². The van der Waals surface area contributed by atoms with E-state index in [1.165, 1.54) is 11.4 Å². The van der Waals surface area contributed by atoms with E-state index >= 15 is 0 Å². The molecule has 2 fully saturated rings. The molecule has 0 unspecified atom stereocenters. The van der Waals surface area contributed by atoms with Crippen LogP contribution in [0.5, 0.6) is 0 Å². The predicted molar refractivity (Wildman–Crippen MR) is 92.4 cm³/mol. The number of rotatable bonds is 4. The second-order valence-electron chi connectivity index (χ2n) is 7.93. The average molecular weight is 372 g/mol. The average Bonchev–Trinajstić information content (AvgIpc) is 3.23. The van der Waals surface area contributed by atoms with Gasteiger partial charge in [0.15, 0.2) is 5.82 Å². The van der Waals surface area contributed by atoms with Crippen molar-refractivity contribution < 1.29 is 17.7 Å². The van der Waals surface area contributed by atoms with Crippen molar-refractivity contribution in [1.82, 2.24) is 19.2 Å². The molecule has 9 heteroatoms. The maximum Gasteiger partial charge on any atom is 0.279 e. The van der Waals surface area contributed by atoms with Gasteiger partial charge in [0.25, 0.3) is 10.2 Å². The van der Waals surface area contributed by atoms with Gasteiger partial charge < -0.3 is 9.26 Å². The Bertz CT molecular complexity index is 689. The van der Waals surface area contributed by atoms with Crippen LogP contribution >= 0.6 is 0 Å². The molecule has 0 saturated carbocycles. The summed E-state index contributed by atoms with van der Waals surface area (Å²) >= 11 is 0. The number of piperidine rings is 1. The van der Waals surface area contributed by atoms with Crippen molar-refractivity contribution in [3.63, 3.8) is 0 Å². The third-order valence-corrected chi connectivity index (χ3v) is 6.70. The first-order valence-electron chi connectivity index (χ1n) is 8.86. The van der Waals surface area contributed by atoms with Gasteiger partial charge in [-0.25, -0.2) is 4.72 Å². The molecule has 3 rings (SSSR count). The Balaban J connectivity index is 1.67. The van der Waals surface area contributed by atoms with Crippen LogP contribution in [-0.4, -0.2) is 55.7 Å². The minimum atomic E-state index is -3.36. The Morgan fingerprint density at radius 1 is 1.20 bits per heavy atom. The number of nitrogens with one attached hydrogen (secondary N) is 1. The fourth-order valence-electron chi connectivity index (χ4n) is 3.74. The summed E-state index contributed by atoms with van der Waals surface area (Å²) in [6.45, 7) is 8.13. The zero-order valence-corrected chi connectivity index (χ0v) is 16.2. The van der Waals surface area contributed by atoms with Crippen molar-refractivity contribution in [1.29, 1.82) is 0 Å². The summed E-state index contributed by atoms with van der Waals surface area (Å²) in [7, 11) is -1.93. The fraction of sp³-hybridized carbons (Fsp3) is 0.875. The molecule has 0 amide bonds. The largest absolute Gasteiger partial charge is 0.377 e.